The molecule has 0 N–H and O–H groups in total. The molecular weight excluding hydrogens is 192 g/mol. The van der Waals surface area contributed by atoms with E-state index in [1.807, 2.05) is 6.08 Å². The summed E-state index contributed by atoms with van der Waals surface area (Å²) in [6.45, 7) is 8.15. The summed E-state index contributed by atoms with van der Waals surface area (Å²) >= 11 is 0. The predicted molar refractivity (Wildman–Crippen MR) is 72.6 cm³/mol. The Bertz CT molecular complexity index is 368. The van der Waals surface area contributed by atoms with E-state index in [0.29, 0.717) is 5.92 Å². The van der Waals surface area contributed by atoms with Crippen LogP contribution in [0.4, 0.5) is 0 Å². The first kappa shape index (κ1) is 12.5. The van der Waals surface area contributed by atoms with Gasteiger partial charge in [-0.1, -0.05) is 75.1 Å². The van der Waals surface area contributed by atoms with Crippen LogP contribution in [0.2, 0.25) is 0 Å². The van der Waals surface area contributed by atoms with Crippen LogP contribution in [0.25, 0.3) is 0 Å². The molecular formula is C16H20. The largest absolute Gasteiger partial charge is 0.0991 e. The molecule has 1 aromatic rings. The zero-order chi connectivity index (χ0) is 11.8. The van der Waals surface area contributed by atoms with Gasteiger partial charge in [-0.3, -0.25) is 0 Å². The molecule has 0 heteroatoms. The molecule has 0 aliphatic rings. The Morgan fingerprint density at radius 3 is 2.56 bits per heavy atom. The Hall–Kier alpha value is -1.56. The number of benzene rings is 1. The highest BCUT2D eigenvalue weighted by atomic mass is 14.1. The highest BCUT2D eigenvalue weighted by Crippen LogP contribution is 2.24. The van der Waals surface area contributed by atoms with Crippen molar-refractivity contribution in [1.82, 2.24) is 0 Å². The van der Waals surface area contributed by atoms with Crippen molar-refractivity contribution in [1.29, 1.82) is 0 Å². The van der Waals surface area contributed by atoms with E-state index in [1.54, 1.807) is 0 Å². The summed E-state index contributed by atoms with van der Waals surface area (Å²) in [4.78, 5) is 0. The summed E-state index contributed by atoms with van der Waals surface area (Å²) < 4.78 is 0. The first-order valence-corrected chi connectivity index (χ1v) is 5.83. The molecule has 84 valence electrons. The first-order chi connectivity index (χ1) is 7.79. The van der Waals surface area contributed by atoms with Crippen molar-refractivity contribution in [3.8, 4) is 0 Å². The summed E-state index contributed by atoms with van der Waals surface area (Å²) in [6, 6.07) is 10.6. The van der Waals surface area contributed by atoms with Crippen molar-refractivity contribution in [2.24, 2.45) is 0 Å². The minimum atomic E-state index is 0.419. The van der Waals surface area contributed by atoms with E-state index in [2.05, 4.69) is 69.0 Å². The van der Waals surface area contributed by atoms with E-state index < -0.39 is 0 Å². The molecule has 0 aliphatic heterocycles. The average Bonchev–Trinajstić information content (AvgIpc) is 2.35. The van der Waals surface area contributed by atoms with Crippen LogP contribution in [-0.2, 0) is 0 Å². The summed E-state index contributed by atoms with van der Waals surface area (Å²) in [5, 5.41) is 0. The van der Waals surface area contributed by atoms with Crippen LogP contribution in [0.1, 0.15) is 31.7 Å². The zero-order valence-corrected chi connectivity index (χ0v) is 10.2. The Morgan fingerprint density at radius 1 is 1.31 bits per heavy atom. The first-order valence-electron chi connectivity index (χ1n) is 5.83. The van der Waals surface area contributed by atoms with Gasteiger partial charge in [0.2, 0.25) is 0 Å². The molecule has 1 unspecified atom stereocenters. The van der Waals surface area contributed by atoms with Gasteiger partial charge in [0.05, 0.1) is 0 Å². The summed E-state index contributed by atoms with van der Waals surface area (Å²) in [5.74, 6) is 0.419. The van der Waals surface area contributed by atoms with Gasteiger partial charge in [0.1, 0.15) is 0 Å². The van der Waals surface area contributed by atoms with Crippen LogP contribution in [0.5, 0.6) is 0 Å². The van der Waals surface area contributed by atoms with Crippen LogP contribution >= 0.6 is 0 Å². The van der Waals surface area contributed by atoms with Crippen LogP contribution in [-0.4, -0.2) is 0 Å². The van der Waals surface area contributed by atoms with E-state index in [0.717, 1.165) is 6.42 Å². The second kappa shape index (κ2) is 6.84. The van der Waals surface area contributed by atoms with E-state index in [4.69, 9.17) is 0 Å². The molecule has 16 heavy (non-hydrogen) atoms. The summed E-state index contributed by atoms with van der Waals surface area (Å²) in [7, 11) is 0. The van der Waals surface area contributed by atoms with Gasteiger partial charge in [-0.2, -0.15) is 0 Å². The summed E-state index contributed by atoms with van der Waals surface area (Å²) in [5.41, 5.74) is 2.65. The lowest BCUT2D eigenvalue weighted by molar-refractivity contribution is 0.919. The molecule has 0 heterocycles. The SMILES string of the molecule is C=C/C=C(\C=C/CC)C(C)c1ccccc1. The smallest absolute Gasteiger partial charge is 0.00608 e. The Labute approximate surface area is 99.0 Å². The number of rotatable bonds is 5. The molecule has 0 radical (unpaired) electrons. The van der Waals surface area contributed by atoms with E-state index >= 15 is 0 Å². The van der Waals surface area contributed by atoms with Crippen LogP contribution in [0.15, 0.2) is 66.8 Å². The molecule has 0 aliphatic carbocycles. The standard InChI is InChI=1S/C16H20/c1-4-6-11-15(10-5-2)14(3)16-12-8-7-9-13-16/h5-14H,2,4H2,1,3H3/b11-6-,15-10+. The second-order valence-electron chi connectivity index (χ2n) is 3.85. The third-order valence-electron chi connectivity index (χ3n) is 2.66. The quantitative estimate of drug-likeness (QED) is 0.611. The van der Waals surface area contributed by atoms with Gasteiger partial charge in [0.15, 0.2) is 0 Å². The van der Waals surface area contributed by atoms with Crippen molar-refractivity contribution in [2.75, 3.05) is 0 Å². The molecule has 1 rings (SSSR count). The lowest BCUT2D eigenvalue weighted by Crippen LogP contribution is -1.95. The minimum Gasteiger partial charge on any atom is -0.0991 e. The molecule has 1 atom stereocenters. The Balaban J connectivity index is 2.92. The van der Waals surface area contributed by atoms with Gasteiger partial charge in [-0.15, -0.1) is 0 Å². The van der Waals surface area contributed by atoms with E-state index in [-0.39, 0.29) is 0 Å². The van der Waals surface area contributed by atoms with Crippen molar-refractivity contribution >= 4 is 0 Å². The van der Waals surface area contributed by atoms with Gasteiger partial charge in [-0.05, 0) is 17.6 Å². The van der Waals surface area contributed by atoms with Gasteiger partial charge in [0.25, 0.3) is 0 Å². The minimum absolute atomic E-state index is 0.419. The monoisotopic (exact) mass is 212 g/mol. The molecule has 0 saturated heterocycles. The number of hydrogen-bond donors (Lipinski definition) is 0. The maximum atomic E-state index is 3.77. The highest BCUT2D eigenvalue weighted by molar-refractivity contribution is 5.35. The fourth-order valence-corrected chi connectivity index (χ4v) is 1.67. The van der Waals surface area contributed by atoms with E-state index in [1.165, 1.54) is 11.1 Å². The lowest BCUT2D eigenvalue weighted by Gasteiger charge is -2.13. The van der Waals surface area contributed by atoms with Gasteiger partial charge in [-0.25, -0.2) is 0 Å². The van der Waals surface area contributed by atoms with Gasteiger partial charge in [0, 0.05) is 5.92 Å². The predicted octanol–water partition coefficient (Wildman–Crippen LogP) is 4.87. The fourth-order valence-electron chi connectivity index (χ4n) is 1.67. The van der Waals surface area contributed by atoms with Crippen molar-refractivity contribution in [3.63, 3.8) is 0 Å². The average molecular weight is 212 g/mol. The molecule has 0 spiro atoms. The molecule has 1 aromatic carbocycles. The highest BCUT2D eigenvalue weighted by Gasteiger charge is 2.07. The third kappa shape index (κ3) is 3.54. The number of hydrogen-bond acceptors (Lipinski definition) is 0. The van der Waals surface area contributed by atoms with Crippen LogP contribution in [0.3, 0.4) is 0 Å². The second-order valence-corrected chi connectivity index (χ2v) is 3.85. The molecule has 0 fully saturated rings. The third-order valence-corrected chi connectivity index (χ3v) is 2.66. The van der Waals surface area contributed by atoms with Gasteiger partial charge < -0.3 is 0 Å². The summed E-state index contributed by atoms with van der Waals surface area (Å²) in [6.07, 6.45) is 9.39. The van der Waals surface area contributed by atoms with E-state index in [9.17, 15) is 0 Å². The van der Waals surface area contributed by atoms with Crippen molar-refractivity contribution in [3.05, 3.63) is 72.4 Å². The molecule has 0 nitrogen and oxygen atoms in total. The fraction of sp³-hybridized carbons (Fsp3) is 0.250. The number of allylic oxidation sites excluding steroid dienone is 5. The zero-order valence-electron chi connectivity index (χ0n) is 10.2. The molecule has 0 bridgehead atoms. The van der Waals surface area contributed by atoms with Crippen molar-refractivity contribution in [2.45, 2.75) is 26.2 Å². The Morgan fingerprint density at radius 2 is 2.00 bits per heavy atom. The van der Waals surface area contributed by atoms with Gasteiger partial charge >= 0.3 is 0 Å². The van der Waals surface area contributed by atoms with Crippen LogP contribution < -0.4 is 0 Å². The Kier molecular flexibility index (Phi) is 5.35. The maximum absolute atomic E-state index is 3.77. The topological polar surface area (TPSA) is 0 Å². The normalized spacial score (nSPS) is 14.0. The van der Waals surface area contributed by atoms with Crippen molar-refractivity contribution < 1.29 is 0 Å². The van der Waals surface area contributed by atoms with Crippen LogP contribution in [0, 0.1) is 0 Å². The molecule has 0 amide bonds. The molecule has 0 aromatic heterocycles. The molecule has 0 saturated carbocycles. The maximum Gasteiger partial charge on any atom is 0.00608 e. The lowest BCUT2D eigenvalue weighted by atomic mass is 9.92.